The van der Waals surface area contributed by atoms with Crippen LogP contribution in [0.4, 0.5) is 0 Å². The first kappa shape index (κ1) is 12.5. The van der Waals surface area contributed by atoms with Crippen molar-refractivity contribution in [2.24, 2.45) is 0 Å². The number of ether oxygens (including phenoxy) is 1. The van der Waals surface area contributed by atoms with Gasteiger partial charge in [-0.05, 0) is 18.6 Å². The zero-order chi connectivity index (χ0) is 12.0. The van der Waals surface area contributed by atoms with Gasteiger partial charge in [0.25, 0.3) is 0 Å². The molecule has 0 amide bonds. The first-order chi connectivity index (χ1) is 7.65. The van der Waals surface area contributed by atoms with Gasteiger partial charge in [-0.3, -0.25) is 9.59 Å². The summed E-state index contributed by atoms with van der Waals surface area (Å²) in [4.78, 5) is 22.6. The molecule has 0 spiro atoms. The van der Waals surface area contributed by atoms with Crippen molar-refractivity contribution < 1.29 is 14.3 Å². The van der Waals surface area contributed by atoms with E-state index in [1.807, 2.05) is 6.92 Å². The van der Waals surface area contributed by atoms with Gasteiger partial charge in [-0.1, -0.05) is 13.3 Å². The van der Waals surface area contributed by atoms with Crippen LogP contribution in [0.3, 0.4) is 0 Å². The third-order valence-electron chi connectivity index (χ3n) is 2.25. The summed E-state index contributed by atoms with van der Waals surface area (Å²) in [7, 11) is 0. The molecule has 1 rings (SSSR count). The van der Waals surface area contributed by atoms with E-state index in [0.29, 0.717) is 12.3 Å². The van der Waals surface area contributed by atoms with Crippen LogP contribution in [0.1, 0.15) is 37.2 Å². The van der Waals surface area contributed by atoms with Gasteiger partial charge in [-0.15, -0.1) is 0 Å². The molecule has 0 N–H and O–H groups in total. The first-order valence-electron chi connectivity index (χ1n) is 5.47. The fourth-order valence-electron chi connectivity index (χ4n) is 1.39. The fraction of sp³-hybridized carbons (Fsp3) is 0.500. The molecule has 0 aliphatic rings. The number of ketones is 1. The minimum absolute atomic E-state index is 0.0497. The predicted molar refractivity (Wildman–Crippen MR) is 60.3 cm³/mol. The van der Waals surface area contributed by atoms with E-state index in [4.69, 9.17) is 4.74 Å². The Morgan fingerprint density at radius 3 is 2.81 bits per heavy atom. The molecule has 1 heterocycles. The van der Waals surface area contributed by atoms with Crippen molar-refractivity contribution in [3.05, 3.63) is 24.0 Å². The lowest BCUT2D eigenvalue weighted by Gasteiger charge is -2.07. The molecular weight excluding hydrogens is 206 g/mol. The fourth-order valence-corrected chi connectivity index (χ4v) is 1.39. The van der Waals surface area contributed by atoms with Gasteiger partial charge < -0.3 is 9.30 Å². The van der Waals surface area contributed by atoms with Crippen molar-refractivity contribution in [2.75, 3.05) is 6.61 Å². The largest absolute Gasteiger partial charge is 0.464 e. The molecule has 0 bridgehead atoms. The number of unbranched alkanes of at least 4 members (excludes halogenated alkanes) is 1. The third-order valence-corrected chi connectivity index (χ3v) is 2.25. The average Bonchev–Trinajstić information content (AvgIpc) is 2.66. The smallest absolute Gasteiger partial charge is 0.325 e. The highest BCUT2D eigenvalue weighted by atomic mass is 16.5. The molecule has 16 heavy (non-hydrogen) atoms. The van der Waals surface area contributed by atoms with E-state index in [1.54, 1.807) is 22.9 Å². The van der Waals surface area contributed by atoms with Crippen LogP contribution in [-0.4, -0.2) is 22.9 Å². The number of hydrogen-bond acceptors (Lipinski definition) is 3. The summed E-state index contributed by atoms with van der Waals surface area (Å²) in [5.41, 5.74) is 0.535. The van der Waals surface area contributed by atoms with Crippen molar-refractivity contribution in [3.8, 4) is 0 Å². The van der Waals surface area contributed by atoms with E-state index in [2.05, 4.69) is 0 Å². The van der Waals surface area contributed by atoms with Crippen LogP contribution < -0.4 is 0 Å². The molecule has 4 nitrogen and oxygen atoms in total. The monoisotopic (exact) mass is 223 g/mol. The Hall–Kier alpha value is -1.58. The second-order valence-electron chi connectivity index (χ2n) is 3.65. The van der Waals surface area contributed by atoms with Crippen LogP contribution in [-0.2, 0) is 16.1 Å². The van der Waals surface area contributed by atoms with E-state index in [-0.39, 0.29) is 18.3 Å². The summed E-state index contributed by atoms with van der Waals surface area (Å²) in [6, 6.07) is 3.44. The molecule has 0 aromatic carbocycles. The molecular formula is C12H17NO3. The lowest BCUT2D eigenvalue weighted by molar-refractivity contribution is -0.144. The maximum absolute atomic E-state index is 11.4. The van der Waals surface area contributed by atoms with Gasteiger partial charge in [-0.25, -0.2) is 0 Å². The minimum atomic E-state index is -0.299. The lowest BCUT2D eigenvalue weighted by atomic mass is 10.3. The summed E-state index contributed by atoms with van der Waals surface area (Å²) in [6.07, 6.45) is 3.57. The van der Waals surface area contributed by atoms with Crippen molar-refractivity contribution in [2.45, 2.75) is 33.2 Å². The molecule has 1 aromatic rings. The molecule has 0 fully saturated rings. The Labute approximate surface area is 95.2 Å². The Morgan fingerprint density at radius 1 is 1.44 bits per heavy atom. The van der Waals surface area contributed by atoms with Crippen molar-refractivity contribution in [1.29, 1.82) is 0 Å². The second kappa shape index (κ2) is 6.10. The number of aromatic nitrogens is 1. The molecule has 0 radical (unpaired) electrons. The molecule has 0 atom stereocenters. The van der Waals surface area contributed by atoms with Gasteiger partial charge in [0.05, 0.1) is 12.3 Å². The number of Topliss-reactive ketones (excluding diaryl/α,β-unsaturated/α-hetero) is 1. The Bertz CT molecular complexity index is 368. The summed E-state index contributed by atoms with van der Waals surface area (Å²) in [5, 5.41) is 0. The van der Waals surface area contributed by atoms with Crippen LogP contribution in [0.15, 0.2) is 18.3 Å². The van der Waals surface area contributed by atoms with Gasteiger partial charge >= 0.3 is 5.97 Å². The van der Waals surface area contributed by atoms with Crippen molar-refractivity contribution in [1.82, 2.24) is 4.57 Å². The SMILES string of the molecule is CCCCOC(=O)Cn1cccc1C(C)=O. The summed E-state index contributed by atoms with van der Waals surface area (Å²) >= 11 is 0. The van der Waals surface area contributed by atoms with E-state index in [1.165, 1.54) is 6.92 Å². The maximum atomic E-state index is 11.4. The van der Waals surface area contributed by atoms with E-state index in [9.17, 15) is 9.59 Å². The van der Waals surface area contributed by atoms with E-state index in [0.717, 1.165) is 12.8 Å². The predicted octanol–water partition coefficient (Wildman–Crippen LogP) is 2.03. The highest BCUT2D eigenvalue weighted by Crippen LogP contribution is 2.03. The first-order valence-corrected chi connectivity index (χ1v) is 5.47. The Kier molecular flexibility index (Phi) is 4.76. The highest BCUT2D eigenvalue weighted by molar-refractivity contribution is 5.92. The van der Waals surface area contributed by atoms with Crippen LogP contribution in [0.25, 0.3) is 0 Å². The second-order valence-corrected chi connectivity index (χ2v) is 3.65. The number of rotatable bonds is 6. The average molecular weight is 223 g/mol. The number of hydrogen-bond donors (Lipinski definition) is 0. The maximum Gasteiger partial charge on any atom is 0.325 e. The number of carbonyl (C=O) groups excluding carboxylic acids is 2. The van der Waals surface area contributed by atoms with Gasteiger partial charge in [0.15, 0.2) is 5.78 Å². The Morgan fingerprint density at radius 2 is 2.19 bits per heavy atom. The number of esters is 1. The van der Waals surface area contributed by atoms with Crippen molar-refractivity contribution >= 4 is 11.8 Å². The van der Waals surface area contributed by atoms with Crippen LogP contribution >= 0.6 is 0 Å². The molecule has 1 aromatic heterocycles. The quantitative estimate of drug-likeness (QED) is 0.421. The minimum Gasteiger partial charge on any atom is -0.464 e. The molecule has 0 saturated carbocycles. The third kappa shape index (κ3) is 3.53. The van der Waals surface area contributed by atoms with Gasteiger partial charge in [0.2, 0.25) is 0 Å². The molecule has 0 unspecified atom stereocenters. The van der Waals surface area contributed by atoms with Crippen LogP contribution in [0, 0.1) is 0 Å². The summed E-state index contributed by atoms with van der Waals surface area (Å²) in [6.45, 7) is 4.07. The van der Waals surface area contributed by atoms with Gasteiger partial charge in [-0.2, -0.15) is 0 Å². The normalized spacial score (nSPS) is 10.1. The lowest BCUT2D eigenvalue weighted by Crippen LogP contribution is -2.16. The van der Waals surface area contributed by atoms with Crippen LogP contribution in [0.2, 0.25) is 0 Å². The number of nitrogens with zero attached hydrogens (tertiary/aromatic N) is 1. The van der Waals surface area contributed by atoms with Crippen molar-refractivity contribution in [3.63, 3.8) is 0 Å². The molecule has 4 heteroatoms. The zero-order valence-corrected chi connectivity index (χ0v) is 9.73. The highest BCUT2D eigenvalue weighted by Gasteiger charge is 2.09. The van der Waals surface area contributed by atoms with Gasteiger partial charge in [0.1, 0.15) is 6.54 Å². The molecule has 88 valence electrons. The topological polar surface area (TPSA) is 48.3 Å². The molecule has 0 aliphatic heterocycles. The number of carbonyl (C=O) groups is 2. The van der Waals surface area contributed by atoms with Crippen LogP contribution in [0.5, 0.6) is 0 Å². The standard InChI is InChI=1S/C12H17NO3/c1-3-4-8-16-12(15)9-13-7-5-6-11(13)10(2)14/h5-7H,3-4,8-9H2,1-2H3. The molecule has 0 saturated heterocycles. The van der Waals surface area contributed by atoms with Gasteiger partial charge in [0, 0.05) is 13.1 Å². The summed E-state index contributed by atoms with van der Waals surface area (Å²) < 4.78 is 6.63. The van der Waals surface area contributed by atoms with E-state index < -0.39 is 0 Å². The van der Waals surface area contributed by atoms with E-state index >= 15 is 0 Å². The summed E-state index contributed by atoms with van der Waals surface area (Å²) in [5.74, 6) is -0.349. The zero-order valence-electron chi connectivity index (χ0n) is 9.73. The Balaban J connectivity index is 2.49. The molecule has 0 aliphatic carbocycles.